The van der Waals surface area contributed by atoms with Gasteiger partial charge in [-0.3, -0.25) is 4.57 Å². The molecule has 0 fully saturated rings. The standard InChI is InChI=1S/C12H26NO3PS2/c14-17(15,16)11-9-7-5-3-1-2-4-6-8-10-13-12(18)19/h1-11H2,(H2,13,18,19)(H2,14,15,16). The SMILES string of the molecule is O=P(O)(O)CCCCCCCCCCCNC(=S)S. The zero-order valence-electron chi connectivity index (χ0n) is 11.4. The molecule has 19 heavy (non-hydrogen) atoms. The van der Waals surface area contributed by atoms with Gasteiger partial charge in [0.15, 0.2) is 0 Å². The molecule has 3 N–H and O–H groups in total. The number of nitrogens with one attached hydrogen (secondary N) is 1. The highest BCUT2D eigenvalue weighted by atomic mass is 32.1. The van der Waals surface area contributed by atoms with Crippen LogP contribution in [0.25, 0.3) is 0 Å². The molecule has 0 heterocycles. The van der Waals surface area contributed by atoms with Crippen molar-refractivity contribution in [3.63, 3.8) is 0 Å². The number of hydrogen-bond donors (Lipinski definition) is 4. The number of rotatable bonds is 12. The molecule has 0 spiro atoms. The first-order valence-corrected chi connectivity index (χ1v) is 9.58. The van der Waals surface area contributed by atoms with Crippen LogP contribution in [0.5, 0.6) is 0 Å². The lowest BCUT2D eigenvalue weighted by molar-refractivity contribution is 0.370. The molecule has 4 nitrogen and oxygen atoms in total. The van der Waals surface area contributed by atoms with Crippen LogP contribution in [0, 0.1) is 0 Å². The van der Waals surface area contributed by atoms with Crippen LogP contribution < -0.4 is 5.32 Å². The van der Waals surface area contributed by atoms with E-state index in [0.717, 1.165) is 25.8 Å². The molecule has 0 radical (unpaired) electrons. The molecule has 114 valence electrons. The van der Waals surface area contributed by atoms with Crippen LogP contribution >= 0.6 is 32.4 Å². The average molecular weight is 327 g/mol. The van der Waals surface area contributed by atoms with E-state index in [1.54, 1.807) is 0 Å². The third kappa shape index (κ3) is 18.4. The second kappa shape index (κ2) is 12.2. The Hall–Kier alpha value is 0.390. The lowest BCUT2D eigenvalue weighted by Gasteiger charge is -2.04. The lowest BCUT2D eigenvalue weighted by atomic mass is 10.1. The van der Waals surface area contributed by atoms with E-state index < -0.39 is 7.60 Å². The summed E-state index contributed by atoms with van der Waals surface area (Å²) in [6.07, 6.45) is 9.88. The molecule has 7 heteroatoms. The van der Waals surface area contributed by atoms with Crippen LogP contribution in [0.15, 0.2) is 0 Å². The van der Waals surface area contributed by atoms with Gasteiger partial charge in [0.05, 0.1) is 0 Å². The van der Waals surface area contributed by atoms with E-state index in [4.69, 9.17) is 22.0 Å². The highest BCUT2D eigenvalue weighted by molar-refractivity contribution is 8.11. The summed E-state index contributed by atoms with van der Waals surface area (Å²) in [4.78, 5) is 17.4. The van der Waals surface area contributed by atoms with E-state index in [2.05, 4.69) is 17.9 Å². The smallest absolute Gasteiger partial charge is 0.325 e. The van der Waals surface area contributed by atoms with Crippen molar-refractivity contribution >= 4 is 36.8 Å². The Bertz CT molecular complexity index is 284. The van der Waals surface area contributed by atoms with Crippen molar-refractivity contribution in [3.8, 4) is 0 Å². The second-order valence-corrected chi connectivity index (χ2v) is 7.74. The second-order valence-electron chi connectivity index (χ2n) is 4.80. The fraction of sp³-hybridized carbons (Fsp3) is 0.917. The number of unbranched alkanes of at least 4 members (excludes halogenated alkanes) is 8. The van der Waals surface area contributed by atoms with Crippen LogP contribution in [0.4, 0.5) is 0 Å². The first-order chi connectivity index (χ1) is 8.92. The summed E-state index contributed by atoms with van der Waals surface area (Å²) >= 11 is 8.78. The predicted octanol–water partition coefficient (Wildman–Crippen LogP) is 3.48. The summed E-state index contributed by atoms with van der Waals surface area (Å²) in [6, 6.07) is 0. The zero-order valence-corrected chi connectivity index (χ0v) is 14.0. The highest BCUT2D eigenvalue weighted by Gasteiger charge is 2.10. The molecule has 0 atom stereocenters. The molecule has 0 rings (SSSR count). The topological polar surface area (TPSA) is 69.6 Å². The summed E-state index contributed by atoms with van der Waals surface area (Å²) in [7, 11) is -3.77. The van der Waals surface area contributed by atoms with Crippen molar-refractivity contribution in [2.24, 2.45) is 0 Å². The van der Waals surface area contributed by atoms with E-state index in [1.807, 2.05) is 0 Å². The van der Waals surface area contributed by atoms with Gasteiger partial charge < -0.3 is 15.1 Å². The Morgan fingerprint density at radius 2 is 1.37 bits per heavy atom. The van der Waals surface area contributed by atoms with Gasteiger partial charge >= 0.3 is 7.60 Å². The maximum Gasteiger partial charge on any atom is 0.325 e. The fourth-order valence-corrected chi connectivity index (χ4v) is 2.72. The molecule has 0 saturated heterocycles. The third-order valence-corrected chi connectivity index (χ3v) is 4.10. The van der Waals surface area contributed by atoms with E-state index in [1.165, 1.54) is 32.1 Å². The molecule has 0 saturated carbocycles. The minimum absolute atomic E-state index is 0.0347. The van der Waals surface area contributed by atoms with Gasteiger partial charge in [0, 0.05) is 12.7 Å². The normalized spacial score (nSPS) is 11.5. The third-order valence-electron chi connectivity index (χ3n) is 2.90. The van der Waals surface area contributed by atoms with Gasteiger partial charge in [-0.15, -0.1) is 12.6 Å². The lowest BCUT2D eigenvalue weighted by Crippen LogP contribution is -2.17. The Kier molecular flexibility index (Phi) is 12.4. The molecule has 0 amide bonds. The van der Waals surface area contributed by atoms with Crippen molar-refractivity contribution in [1.82, 2.24) is 5.32 Å². The number of thiol groups is 1. The monoisotopic (exact) mass is 327 g/mol. The fourth-order valence-electron chi connectivity index (χ4n) is 1.88. The summed E-state index contributed by atoms with van der Waals surface area (Å²) < 4.78 is 11.2. The number of hydrogen-bond acceptors (Lipinski definition) is 2. The quantitative estimate of drug-likeness (QED) is 0.191. The van der Waals surface area contributed by atoms with Gasteiger partial charge in [0.25, 0.3) is 0 Å². The molecule has 0 aromatic heterocycles. The Morgan fingerprint density at radius 3 is 1.79 bits per heavy atom. The summed E-state index contributed by atoms with van der Waals surface area (Å²) in [6.45, 7) is 0.907. The van der Waals surface area contributed by atoms with Gasteiger partial charge in [0.2, 0.25) is 0 Å². The maximum atomic E-state index is 10.6. The first-order valence-electron chi connectivity index (χ1n) is 6.93. The molecular formula is C12H26NO3PS2. The Morgan fingerprint density at radius 1 is 0.947 bits per heavy atom. The Labute approximate surface area is 127 Å². The molecule has 0 aromatic carbocycles. The van der Waals surface area contributed by atoms with Crippen molar-refractivity contribution < 1.29 is 14.4 Å². The van der Waals surface area contributed by atoms with Crippen LogP contribution in [-0.2, 0) is 4.57 Å². The van der Waals surface area contributed by atoms with Gasteiger partial charge in [-0.25, -0.2) is 0 Å². The van der Waals surface area contributed by atoms with Gasteiger partial charge in [-0.2, -0.15) is 0 Å². The number of thiocarbonyl (C=S) groups is 1. The average Bonchev–Trinajstić information content (AvgIpc) is 2.28. The van der Waals surface area contributed by atoms with Crippen LogP contribution in [0.2, 0.25) is 0 Å². The van der Waals surface area contributed by atoms with E-state index >= 15 is 0 Å². The van der Waals surface area contributed by atoms with Gasteiger partial charge in [-0.1, -0.05) is 57.2 Å². The van der Waals surface area contributed by atoms with E-state index in [0.29, 0.717) is 10.7 Å². The Balaban J connectivity index is 3.07. The van der Waals surface area contributed by atoms with Crippen LogP contribution in [-0.4, -0.2) is 26.8 Å². The minimum Gasteiger partial charge on any atom is -0.371 e. The largest absolute Gasteiger partial charge is 0.371 e. The first kappa shape index (κ1) is 19.4. The van der Waals surface area contributed by atoms with Crippen molar-refractivity contribution in [3.05, 3.63) is 0 Å². The molecule has 0 aliphatic carbocycles. The predicted molar refractivity (Wildman–Crippen MR) is 88.1 cm³/mol. The van der Waals surface area contributed by atoms with Crippen molar-refractivity contribution in [2.75, 3.05) is 12.7 Å². The molecule has 0 aromatic rings. The molecule has 0 aliphatic rings. The molecule has 0 bridgehead atoms. The summed E-state index contributed by atoms with van der Waals surface area (Å²) in [5.74, 6) is 0. The van der Waals surface area contributed by atoms with E-state index in [9.17, 15) is 4.57 Å². The zero-order chi connectivity index (χ0) is 14.6. The van der Waals surface area contributed by atoms with Gasteiger partial charge in [0.1, 0.15) is 4.32 Å². The van der Waals surface area contributed by atoms with Crippen molar-refractivity contribution in [2.45, 2.75) is 57.8 Å². The molecule has 0 aliphatic heterocycles. The van der Waals surface area contributed by atoms with Crippen LogP contribution in [0.1, 0.15) is 57.8 Å². The van der Waals surface area contributed by atoms with Crippen LogP contribution in [0.3, 0.4) is 0 Å². The molecular weight excluding hydrogens is 301 g/mol. The van der Waals surface area contributed by atoms with Gasteiger partial charge in [-0.05, 0) is 12.8 Å². The van der Waals surface area contributed by atoms with E-state index in [-0.39, 0.29) is 6.16 Å². The summed E-state index contributed by atoms with van der Waals surface area (Å²) in [5.41, 5.74) is 0. The summed E-state index contributed by atoms with van der Waals surface area (Å²) in [5, 5.41) is 3.01. The molecule has 0 unspecified atom stereocenters. The highest BCUT2D eigenvalue weighted by Crippen LogP contribution is 2.35. The minimum atomic E-state index is -3.77. The van der Waals surface area contributed by atoms with Crippen molar-refractivity contribution in [1.29, 1.82) is 0 Å². The maximum absolute atomic E-state index is 10.6.